The van der Waals surface area contributed by atoms with Crippen molar-refractivity contribution >= 4 is 60.8 Å². The highest BCUT2D eigenvalue weighted by atomic mass is 35.5. The molecule has 0 fully saturated rings. The summed E-state index contributed by atoms with van der Waals surface area (Å²) in [7, 11) is -3.77. The van der Waals surface area contributed by atoms with Crippen LogP contribution in [0.3, 0.4) is 0 Å². The fourth-order valence-corrected chi connectivity index (χ4v) is 5.87. The minimum Gasteiger partial charge on any atom is -0.478 e. The maximum Gasteiger partial charge on any atom is 0.269 e. The van der Waals surface area contributed by atoms with Crippen molar-refractivity contribution in [1.29, 1.82) is 0 Å². The van der Waals surface area contributed by atoms with Gasteiger partial charge in [0.25, 0.3) is 15.9 Å². The van der Waals surface area contributed by atoms with Crippen LogP contribution in [0.2, 0.25) is 10.0 Å². The number of aliphatic hydroxyl groups excluding tert-OH is 2. The number of thioether (sulfide) groups is 1. The molecule has 0 saturated carbocycles. The minimum absolute atomic E-state index is 0.0599. The van der Waals surface area contributed by atoms with E-state index in [1.54, 1.807) is 0 Å². The summed E-state index contributed by atoms with van der Waals surface area (Å²) in [6, 6.07) is 4.32. The maximum atomic E-state index is 13.6. The molecule has 14 heteroatoms. The summed E-state index contributed by atoms with van der Waals surface area (Å²) in [5.74, 6) is 0.806. The van der Waals surface area contributed by atoms with E-state index in [1.807, 2.05) is 0 Å². The van der Waals surface area contributed by atoms with Gasteiger partial charge in [0.1, 0.15) is 16.7 Å². The van der Waals surface area contributed by atoms with E-state index in [1.165, 1.54) is 31.5 Å². The van der Waals surface area contributed by atoms with Crippen LogP contribution in [-0.4, -0.2) is 92.0 Å². The maximum absolute atomic E-state index is 13.6. The number of halogens is 2. The first kappa shape index (κ1) is 29.2. The number of hydrogen-bond acceptors (Lipinski definition) is 9. The van der Waals surface area contributed by atoms with Gasteiger partial charge >= 0.3 is 0 Å². The number of ether oxygens (including phenoxy) is 2. The van der Waals surface area contributed by atoms with Gasteiger partial charge in [-0.25, -0.2) is 32.7 Å². The second kappa shape index (κ2) is 12.8. The number of rotatable bonds is 13. The van der Waals surface area contributed by atoms with Gasteiger partial charge in [0.15, 0.2) is 0 Å². The third kappa shape index (κ3) is 8.02. The highest BCUT2D eigenvalue weighted by Gasteiger charge is 2.32. The zero-order chi connectivity index (χ0) is 25.5. The van der Waals surface area contributed by atoms with Crippen LogP contribution < -0.4 is 9.04 Å². The monoisotopic (exact) mass is 573 g/mol. The van der Waals surface area contributed by atoms with Crippen molar-refractivity contribution in [2.24, 2.45) is 0 Å². The number of aromatic nitrogens is 2. The van der Waals surface area contributed by atoms with Gasteiger partial charge in [-0.15, -0.1) is 11.8 Å². The number of aliphatic hydroxyl groups is 2. The Labute approximate surface area is 216 Å². The molecule has 0 saturated heterocycles. The third-order valence-corrected chi connectivity index (χ3v) is 9.42. The van der Waals surface area contributed by atoms with Crippen LogP contribution in [-0.2, 0) is 14.8 Å². The van der Waals surface area contributed by atoms with Crippen molar-refractivity contribution in [3.63, 3.8) is 0 Å². The van der Waals surface area contributed by atoms with Crippen LogP contribution in [0.5, 0.6) is 5.88 Å². The van der Waals surface area contributed by atoms with E-state index >= 15 is 0 Å². The summed E-state index contributed by atoms with van der Waals surface area (Å²) < 4.78 is 39.2. The highest BCUT2D eigenvalue weighted by Crippen LogP contribution is 2.36. The zero-order valence-corrected chi connectivity index (χ0v) is 23.2. The molecule has 34 heavy (non-hydrogen) atoms. The van der Waals surface area contributed by atoms with Crippen molar-refractivity contribution in [2.75, 3.05) is 61.6 Å². The van der Waals surface area contributed by atoms with Gasteiger partial charge in [0.2, 0.25) is 5.82 Å². The van der Waals surface area contributed by atoms with Gasteiger partial charge in [-0.3, -0.25) is 0 Å². The predicted octanol–water partition coefficient (Wildman–Crippen LogP) is 3.10. The van der Waals surface area contributed by atoms with Crippen LogP contribution in [0.1, 0.15) is 0 Å². The molecule has 0 bridgehead atoms. The normalized spacial score (nSPS) is 13.5. The van der Waals surface area contributed by atoms with Crippen molar-refractivity contribution in [1.82, 2.24) is 9.97 Å². The fraction of sp³-hybridized carbons (Fsp3) is 0.500. The highest BCUT2D eigenvalue weighted by molar-refractivity contribution is 8.32. The summed E-state index contributed by atoms with van der Waals surface area (Å²) >= 11 is 13.4. The van der Waals surface area contributed by atoms with Crippen molar-refractivity contribution < 1.29 is 28.1 Å². The van der Waals surface area contributed by atoms with Crippen LogP contribution in [0, 0.1) is 0 Å². The Bertz CT molecular complexity index is 1070. The van der Waals surface area contributed by atoms with E-state index in [2.05, 4.69) is 28.7 Å². The molecule has 1 unspecified atom stereocenters. The van der Waals surface area contributed by atoms with Gasteiger partial charge in [-0.05, 0) is 30.9 Å². The largest absolute Gasteiger partial charge is 0.478 e. The van der Waals surface area contributed by atoms with E-state index in [4.69, 9.17) is 37.8 Å². The fourth-order valence-electron chi connectivity index (χ4n) is 2.47. The molecule has 1 atom stereocenters. The molecule has 1 aromatic heterocycles. The molecule has 0 amide bonds. The van der Waals surface area contributed by atoms with Gasteiger partial charge < -0.3 is 19.7 Å². The molecule has 0 aliphatic rings. The lowest BCUT2D eigenvalue weighted by Crippen LogP contribution is -2.35. The molecule has 0 spiro atoms. The zero-order valence-electron chi connectivity index (χ0n) is 19.3. The summed E-state index contributed by atoms with van der Waals surface area (Å²) in [4.78, 5) is 8.36. The number of hydrogen-bond donors (Lipinski definition) is 2. The molecule has 1 aromatic carbocycles. The Kier molecular flexibility index (Phi) is 11.0. The third-order valence-electron chi connectivity index (χ3n) is 4.30. The van der Waals surface area contributed by atoms with Crippen LogP contribution in [0.15, 0.2) is 34.3 Å². The Hall–Kier alpha value is -0.990. The first-order valence-corrected chi connectivity index (χ1v) is 16.1. The summed E-state index contributed by atoms with van der Waals surface area (Å²) in [5, 5.41) is 18.9. The number of methoxy groups -OCH3 is 1. The Morgan fingerprint density at radius 1 is 1.24 bits per heavy atom. The predicted molar refractivity (Wildman–Crippen MR) is 140 cm³/mol. The molecule has 2 aromatic rings. The Morgan fingerprint density at radius 3 is 2.56 bits per heavy atom. The molecule has 1 heterocycles. The Morgan fingerprint density at radius 2 is 1.94 bits per heavy atom. The molecule has 0 aliphatic heterocycles. The smallest absolute Gasteiger partial charge is 0.269 e. The van der Waals surface area contributed by atoms with E-state index in [-0.39, 0.29) is 39.1 Å². The number of anilines is 1. The van der Waals surface area contributed by atoms with E-state index < -0.39 is 32.8 Å². The average molecular weight is 575 g/mol. The second-order valence-electron chi connectivity index (χ2n) is 7.93. The molecule has 9 nitrogen and oxygen atoms in total. The molecule has 0 aliphatic carbocycles. The van der Waals surface area contributed by atoms with Crippen molar-refractivity contribution in [2.45, 2.75) is 16.0 Å². The molecule has 2 N–H and O–H groups in total. The molecular weight excluding hydrogens is 545 g/mol. The van der Waals surface area contributed by atoms with Gasteiger partial charge in [0.05, 0.1) is 42.7 Å². The lowest BCUT2D eigenvalue weighted by molar-refractivity contribution is 0.113. The van der Waals surface area contributed by atoms with Crippen LogP contribution in [0.4, 0.5) is 5.82 Å². The molecule has 0 radical (unpaired) electrons. The molecule has 192 valence electrons. The first-order chi connectivity index (χ1) is 15.9. The number of benzene rings is 1. The molecule has 2 rings (SSSR count). The SMILES string of the molecule is COc1nc(SCC(O)CO)cnc1N(COCCS(C)(C)C)S(=O)(=O)c1cccc(Cl)c1Cl. The minimum atomic E-state index is -4.26. The Balaban J connectivity index is 2.45. The van der Waals surface area contributed by atoms with Gasteiger partial charge in [0, 0.05) is 11.5 Å². The van der Waals surface area contributed by atoms with Crippen LogP contribution >= 0.6 is 45.0 Å². The lowest BCUT2D eigenvalue weighted by atomic mass is 10.4. The van der Waals surface area contributed by atoms with E-state index in [0.717, 1.165) is 21.8 Å². The van der Waals surface area contributed by atoms with Crippen molar-refractivity contribution in [3.05, 3.63) is 34.4 Å². The number of nitrogens with zero attached hydrogens (tertiary/aromatic N) is 3. The van der Waals surface area contributed by atoms with E-state index in [0.29, 0.717) is 11.6 Å². The summed E-state index contributed by atoms with van der Waals surface area (Å²) in [6.45, 7) is -0.395. The second-order valence-corrected chi connectivity index (χ2v) is 16.2. The van der Waals surface area contributed by atoms with Crippen molar-refractivity contribution in [3.8, 4) is 5.88 Å². The summed E-state index contributed by atoms with van der Waals surface area (Å²) in [6.07, 6.45) is 6.82. The number of sulfonamides is 1. The average Bonchev–Trinajstić information content (AvgIpc) is 2.78. The van der Waals surface area contributed by atoms with E-state index in [9.17, 15) is 13.5 Å². The standard InChI is InChI=1S/C20H29Cl2N3O6S3/c1-30-20-19(23-10-17(24-20)32-12-14(27)11-26)25(13-31-8-9-33(2,3)4)34(28,29)16-7-5-6-15(21)18(16)22/h5-7,10,14,26-27H,8-9,11-13H2,1-4H3. The van der Waals surface area contributed by atoms with Crippen LogP contribution in [0.25, 0.3) is 0 Å². The topological polar surface area (TPSA) is 122 Å². The quantitative estimate of drug-likeness (QED) is 0.211. The summed E-state index contributed by atoms with van der Waals surface area (Å²) in [5.41, 5.74) is 0. The van der Waals surface area contributed by atoms with Gasteiger partial charge in [-0.2, -0.15) is 0 Å². The lowest BCUT2D eigenvalue weighted by Gasteiger charge is -2.27. The first-order valence-electron chi connectivity index (χ1n) is 9.94. The molecular formula is C20H29Cl2N3O6S3. The van der Waals surface area contributed by atoms with Gasteiger partial charge in [-0.1, -0.05) is 29.3 Å².